The normalized spacial score (nSPS) is 13.1. The lowest BCUT2D eigenvalue weighted by molar-refractivity contribution is 0.660. The molecule has 0 unspecified atom stereocenters. The molecule has 3 heterocycles. The van der Waals surface area contributed by atoms with Crippen molar-refractivity contribution in [1.29, 1.82) is 0 Å². The molecule has 0 spiro atoms. The van der Waals surface area contributed by atoms with E-state index >= 15 is 0 Å². The third-order valence-corrected chi connectivity index (χ3v) is 12.2. The topological polar surface area (TPSA) is 65.0 Å². The molecule has 59 heavy (non-hydrogen) atoms. The lowest BCUT2D eigenvalue weighted by Crippen LogP contribution is -2.14. The van der Waals surface area contributed by atoms with Crippen molar-refractivity contribution >= 4 is 43.9 Å². The van der Waals surface area contributed by atoms with Gasteiger partial charge in [0.15, 0.2) is 17.5 Å². The van der Waals surface area contributed by atoms with Crippen LogP contribution in [-0.2, 0) is 5.41 Å². The van der Waals surface area contributed by atoms with Gasteiger partial charge in [0, 0.05) is 38.1 Å². The molecular weight excluding hydrogens is 723 g/mol. The minimum Gasteiger partial charge on any atom is -0.456 e. The number of aromatic nitrogens is 3. The summed E-state index contributed by atoms with van der Waals surface area (Å²) < 4.78 is 13.0. The first-order valence-corrected chi connectivity index (χ1v) is 20.0. The Labute approximate surface area is 340 Å². The Bertz CT molecular complexity index is 3480. The summed E-state index contributed by atoms with van der Waals surface area (Å²) in [6.45, 7) is 4.66. The summed E-state index contributed by atoms with van der Waals surface area (Å²) in [4.78, 5) is 15.4. The minimum atomic E-state index is -0.0630. The average Bonchev–Trinajstić information content (AvgIpc) is 3.94. The van der Waals surface area contributed by atoms with Gasteiger partial charge in [0.1, 0.15) is 22.3 Å². The van der Waals surface area contributed by atoms with Gasteiger partial charge >= 0.3 is 0 Å². The number of fused-ring (bicyclic) bond motifs is 9. The van der Waals surface area contributed by atoms with E-state index < -0.39 is 0 Å². The predicted molar refractivity (Wildman–Crippen MR) is 239 cm³/mol. The molecule has 3 aromatic heterocycles. The molecule has 278 valence electrons. The number of benzene rings is 8. The Hall–Kier alpha value is -7.63. The zero-order chi connectivity index (χ0) is 39.2. The number of rotatable bonds is 5. The molecular formula is C54H35N3O2. The molecule has 5 nitrogen and oxygen atoms in total. The van der Waals surface area contributed by atoms with Gasteiger partial charge in [-0.1, -0.05) is 147 Å². The Kier molecular flexibility index (Phi) is 7.20. The highest BCUT2D eigenvalue weighted by Crippen LogP contribution is 2.50. The van der Waals surface area contributed by atoms with Crippen LogP contribution in [0, 0.1) is 0 Å². The lowest BCUT2D eigenvalue weighted by Gasteiger charge is -2.22. The van der Waals surface area contributed by atoms with Crippen LogP contribution in [0.1, 0.15) is 25.0 Å². The second-order valence-corrected chi connectivity index (χ2v) is 16.0. The van der Waals surface area contributed by atoms with Crippen molar-refractivity contribution in [2.75, 3.05) is 0 Å². The van der Waals surface area contributed by atoms with Gasteiger partial charge < -0.3 is 8.83 Å². The Morgan fingerprint density at radius 1 is 0.356 bits per heavy atom. The van der Waals surface area contributed by atoms with Crippen LogP contribution in [0.3, 0.4) is 0 Å². The average molecular weight is 758 g/mol. The standard InChI is InChI=1S/C54H35N3O2/c1-54(2)44-22-8-6-17-37(44)38-27-25-36(31-45(38)54)34-16-10-15-33(29-34)35-26-28-47-43(30-35)49-41(20-12-24-48(49)58-47)52-55-51(32-13-4-3-5-14-32)56-53(57-52)42-21-11-19-40-39-18-7-9-23-46(39)59-50(40)42/h3-31H,1-2H3. The van der Waals surface area contributed by atoms with Crippen LogP contribution in [0.4, 0.5) is 0 Å². The largest absolute Gasteiger partial charge is 0.456 e. The summed E-state index contributed by atoms with van der Waals surface area (Å²) in [5.41, 5.74) is 15.7. The maximum absolute atomic E-state index is 6.52. The third-order valence-electron chi connectivity index (χ3n) is 12.2. The summed E-state index contributed by atoms with van der Waals surface area (Å²) in [6.07, 6.45) is 0. The van der Waals surface area contributed by atoms with Crippen LogP contribution in [0.25, 0.3) is 111 Å². The van der Waals surface area contributed by atoms with Gasteiger partial charge in [-0.25, -0.2) is 15.0 Å². The molecule has 0 fully saturated rings. The van der Waals surface area contributed by atoms with Crippen LogP contribution < -0.4 is 0 Å². The van der Waals surface area contributed by atoms with E-state index in [9.17, 15) is 0 Å². The minimum absolute atomic E-state index is 0.0630. The maximum atomic E-state index is 6.52. The molecule has 5 heteroatoms. The first kappa shape index (κ1) is 33.5. The fourth-order valence-corrected chi connectivity index (χ4v) is 9.21. The van der Waals surface area contributed by atoms with Crippen LogP contribution in [0.5, 0.6) is 0 Å². The van der Waals surface area contributed by atoms with Crippen molar-refractivity contribution in [3.63, 3.8) is 0 Å². The summed E-state index contributed by atoms with van der Waals surface area (Å²) >= 11 is 0. The zero-order valence-corrected chi connectivity index (χ0v) is 32.4. The number of hydrogen-bond acceptors (Lipinski definition) is 5. The Balaban J connectivity index is 0.999. The molecule has 0 radical (unpaired) electrons. The zero-order valence-electron chi connectivity index (χ0n) is 32.4. The molecule has 0 aliphatic heterocycles. The van der Waals surface area contributed by atoms with E-state index in [1.165, 1.54) is 33.4 Å². The van der Waals surface area contributed by atoms with E-state index in [1.807, 2.05) is 72.8 Å². The monoisotopic (exact) mass is 757 g/mol. The first-order valence-electron chi connectivity index (χ1n) is 20.0. The molecule has 1 aliphatic rings. The number of furan rings is 2. The van der Waals surface area contributed by atoms with Crippen LogP contribution in [0.15, 0.2) is 185 Å². The molecule has 0 N–H and O–H groups in total. The highest BCUT2D eigenvalue weighted by molar-refractivity contribution is 6.13. The van der Waals surface area contributed by atoms with Gasteiger partial charge in [-0.3, -0.25) is 0 Å². The Morgan fingerprint density at radius 2 is 0.932 bits per heavy atom. The number of nitrogens with zero attached hydrogens (tertiary/aromatic N) is 3. The van der Waals surface area contributed by atoms with Gasteiger partial charge in [-0.05, 0) is 87.0 Å². The van der Waals surface area contributed by atoms with Crippen LogP contribution in [-0.4, -0.2) is 15.0 Å². The van der Waals surface area contributed by atoms with Crippen molar-refractivity contribution < 1.29 is 8.83 Å². The van der Waals surface area contributed by atoms with Gasteiger partial charge in [0.05, 0.1) is 5.56 Å². The second kappa shape index (κ2) is 12.7. The molecule has 12 rings (SSSR count). The van der Waals surface area contributed by atoms with Crippen LogP contribution >= 0.6 is 0 Å². The number of hydrogen-bond donors (Lipinski definition) is 0. The quantitative estimate of drug-likeness (QED) is 0.175. The maximum Gasteiger partial charge on any atom is 0.167 e. The van der Waals surface area contributed by atoms with E-state index in [4.69, 9.17) is 23.8 Å². The van der Waals surface area contributed by atoms with Crippen molar-refractivity contribution in [1.82, 2.24) is 15.0 Å². The molecule has 0 saturated heterocycles. The summed E-state index contributed by atoms with van der Waals surface area (Å²) in [5.74, 6) is 1.68. The van der Waals surface area contributed by atoms with Crippen molar-refractivity contribution in [3.05, 3.63) is 187 Å². The molecule has 0 amide bonds. The fraction of sp³-hybridized carbons (Fsp3) is 0.0556. The van der Waals surface area contributed by atoms with E-state index in [0.717, 1.165) is 71.7 Å². The van der Waals surface area contributed by atoms with E-state index in [-0.39, 0.29) is 5.41 Å². The third kappa shape index (κ3) is 5.21. The fourth-order valence-electron chi connectivity index (χ4n) is 9.21. The second-order valence-electron chi connectivity index (χ2n) is 16.0. The highest BCUT2D eigenvalue weighted by Gasteiger charge is 2.35. The van der Waals surface area contributed by atoms with Crippen molar-refractivity contribution in [2.24, 2.45) is 0 Å². The van der Waals surface area contributed by atoms with Gasteiger partial charge in [-0.2, -0.15) is 0 Å². The first-order chi connectivity index (χ1) is 29.0. The molecule has 1 aliphatic carbocycles. The van der Waals surface area contributed by atoms with Gasteiger partial charge in [-0.15, -0.1) is 0 Å². The molecule has 8 aromatic carbocycles. The van der Waals surface area contributed by atoms with Crippen molar-refractivity contribution in [2.45, 2.75) is 19.3 Å². The van der Waals surface area contributed by atoms with Crippen molar-refractivity contribution in [3.8, 4) is 67.5 Å². The van der Waals surface area contributed by atoms with E-state index in [0.29, 0.717) is 17.5 Å². The smallest absolute Gasteiger partial charge is 0.167 e. The SMILES string of the molecule is CC1(C)c2ccccc2-c2ccc(-c3cccc(-c4ccc5oc6cccc(-c7nc(-c8ccccc8)nc(-c8cccc9c8oc8ccccc89)n7)c6c5c4)c3)cc21. The van der Waals surface area contributed by atoms with Gasteiger partial charge in [0.2, 0.25) is 0 Å². The molecule has 0 atom stereocenters. The molecule has 0 bridgehead atoms. The predicted octanol–water partition coefficient (Wildman–Crippen LogP) is 14.3. The lowest BCUT2D eigenvalue weighted by atomic mass is 9.81. The summed E-state index contributed by atoms with van der Waals surface area (Å²) in [6, 6.07) is 61.4. The van der Waals surface area contributed by atoms with Gasteiger partial charge in [0.25, 0.3) is 0 Å². The van der Waals surface area contributed by atoms with Crippen LogP contribution in [0.2, 0.25) is 0 Å². The molecule has 0 saturated carbocycles. The van der Waals surface area contributed by atoms with E-state index in [2.05, 4.69) is 117 Å². The molecule has 11 aromatic rings. The summed E-state index contributed by atoms with van der Waals surface area (Å²) in [5, 5.41) is 4.03. The summed E-state index contributed by atoms with van der Waals surface area (Å²) in [7, 11) is 0. The van der Waals surface area contributed by atoms with E-state index in [1.54, 1.807) is 0 Å². The Morgan fingerprint density at radius 3 is 1.81 bits per heavy atom. The highest BCUT2D eigenvalue weighted by atomic mass is 16.3. The number of para-hydroxylation sites is 2.